The van der Waals surface area contributed by atoms with Gasteiger partial charge in [-0.3, -0.25) is 19.1 Å². The van der Waals surface area contributed by atoms with Gasteiger partial charge in [-0.2, -0.15) is 0 Å². The Morgan fingerprint density at radius 1 is 1.21 bits per heavy atom. The van der Waals surface area contributed by atoms with Gasteiger partial charge in [-0.15, -0.1) is 0 Å². The number of hydrogen-bond acceptors (Lipinski definition) is 4. The molecule has 0 aliphatic heterocycles. The monoisotopic (exact) mass is 430 g/mol. The lowest BCUT2D eigenvalue weighted by Gasteiger charge is -2.24. The molecule has 0 unspecified atom stereocenters. The fourth-order valence-corrected chi connectivity index (χ4v) is 3.21. The third-order valence-electron chi connectivity index (χ3n) is 4.15. The molecule has 0 saturated carbocycles. The fraction of sp³-hybridized carbons (Fsp3) is 0.389. The van der Waals surface area contributed by atoms with Crippen molar-refractivity contribution in [3.8, 4) is 0 Å². The van der Waals surface area contributed by atoms with Crippen molar-refractivity contribution in [2.45, 2.75) is 39.7 Å². The molecule has 0 bridgehead atoms. The Bertz CT molecular complexity index is 1000. The molecule has 0 aliphatic carbocycles. The van der Waals surface area contributed by atoms with Crippen LogP contribution in [-0.2, 0) is 6.54 Å². The maximum Gasteiger partial charge on any atom is 0.330 e. The zero-order valence-electron chi connectivity index (χ0n) is 15.5. The molecule has 0 spiro atoms. The second-order valence-corrected chi connectivity index (χ2v) is 7.02. The van der Waals surface area contributed by atoms with E-state index in [1.165, 1.54) is 4.57 Å². The zero-order valence-corrected chi connectivity index (χ0v) is 17.0. The van der Waals surface area contributed by atoms with Gasteiger partial charge < -0.3 is 10.6 Å². The minimum atomic E-state index is -0.819. The van der Waals surface area contributed by atoms with Crippen LogP contribution in [0.5, 0.6) is 0 Å². The molecule has 0 radical (unpaired) electrons. The van der Waals surface area contributed by atoms with E-state index >= 15 is 0 Å². The molecule has 0 saturated heterocycles. The van der Waals surface area contributed by atoms with Crippen LogP contribution in [0.25, 0.3) is 0 Å². The number of nitrogens with zero attached hydrogens (tertiary/aromatic N) is 2. The number of carbonyl (C=O) groups is 1. The summed E-state index contributed by atoms with van der Waals surface area (Å²) in [6, 6.07) is 2.03. The van der Waals surface area contributed by atoms with Crippen molar-refractivity contribution in [2.24, 2.45) is 0 Å². The van der Waals surface area contributed by atoms with Gasteiger partial charge >= 0.3 is 5.69 Å². The fourth-order valence-electron chi connectivity index (χ4n) is 2.75. The predicted octanol–water partition coefficient (Wildman–Crippen LogP) is 3.42. The average Bonchev–Trinajstić information content (AvgIpc) is 2.63. The lowest BCUT2D eigenvalue weighted by molar-refractivity contribution is 0.0986. The van der Waals surface area contributed by atoms with E-state index in [2.05, 4.69) is 4.98 Å². The minimum Gasteiger partial charge on any atom is -0.383 e. The van der Waals surface area contributed by atoms with Gasteiger partial charge in [-0.25, -0.2) is 9.18 Å². The molecule has 1 aromatic heterocycles. The molecular weight excluding hydrogens is 410 g/mol. The van der Waals surface area contributed by atoms with Crippen molar-refractivity contribution >= 4 is 40.6 Å². The smallest absolute Gasteiger partial charge is 0.330 e. The zero-order chi connectivity index (χ0) is 21.0. The topological polar surface area (TPSA) is 101 Å². The number of rotatable bonds is 7. The van der Waals surface area contributed by atoms with Crippen LogP contribution in [0.3, 0.4) is 0 Å². The standard InChI is InChI=1S/C18H21Cl2FN4O3/c1-3-5-7-25-15(22)14(16(26)23-18(25)28)24(6-4-2)17(27)10-8-13(21)12(20)9-11(10)19/h8-9H,3-7,22H2,1-2H3,(H,23,26,28). The first-order valence-electron chi connectivity index (χ1n) is 8.81. The van der Waals surface area contributed by atoms with Gasteiger partial charge in [0.05, 0.1) is 15.6 Å². The summed E-state index contributed by atoms with van der Waals surface area (Å²) < 4.78 is 15.1. The van der Waals surface area contributed by atoms with Gasteiger partial charge in [0.15, 0.2) is 5.69 Å². The van der Waals surface area contributed by atoms with E-state index in [0.717, 1.165) is 23.5 Å². The first-order chi connectivity index (χ1) is 13.2. The number of amides is 1. The normalized spacial score (nSPS) is 10.9. The van der Waals surface area contributed by atoms with E-state index in [9.17, 15) is 18.8 Å². The summed E-state index contributed by atoms with van der Waals surface area (Å²) in [6.07, 6.45) is 1.94. The Hall–Kier alpha value is -2.32. The Morgan fingerprint density at radius 2 is 1.89 bits per heavy atom. The highest BCUT2D eigenvalue weighted by atomic mass is 35.5. The van der Waals surface area contributed by atoms with Crippen molar-refractivity contribution in [3.63, 3.8) is 0 Å². The molecule has 152 valence electrons. The quantitative estimate of drug-likeness (QED) is 0.656. The molecule has 7 nitrogen and oxygen atoms in total. The molecule has 2 rings (SSSR count). The molecule has 0 aliphatic rings. The van der Waals surface area contributed by atoms with Crippen molar-refractivity contribution in [2.75, 3.05) is 17.2 Å². The van der Waals surface area contributed by atoms with Crippen LogP contribution in [-0.4, -0.2) is 22.0 Å². The number of aromatic amines is 1. The average molecular weight is 431 g/mol. The largest absolute Gasteiger partial charge is 0.383 e. The molecule has 0 fully saturated rings. The van der Waals surface area contributed by atoms with E-state index < -0.39 is 23.0 Å². The lowest BCUT2D eigenvalue weighted by Crippen LogP contribution is -2.41. The first kappa shape index (κ1) is 22.0. The Labute approximate surface area is 170 Å². The van der Waals surface area contributed by atoms with Gasteiger partial charge in [0.1, 0.15) is 11.6 Å². The number of anilines is 2. The number of unbranched alkanes of at least 4 members (excludes halogenated alkanes) is 1. The van der Waals surface area contributed by atoms with Gasteiger partial charge in [-0.1, -0.05) is 43.5 Å². The number of carbonyl (C=O) groups excluding carboxylic acids is 1. The van der Waals surface area contributed by atoms with Crippen molar-refractivity contribution in [3.05, 3.63) is 54.4 Å². The molecule has 1 heterocycles. The number of benzene rings is 1. The maximum atomic E-state index is 13.9. The molecule has 1 amide bonds. The molecule has 3 N–H and O–H groups in total. The van der Waals surface area contributed by atoms with Crippen molar-refractivity contribution in [1.82, 2.24) is 9.55 Å². The molecule has 1 aromatic carbocycles. The highest BCUT2D eigenvalue weighted by Gasteiger charge is 2.26. The van der Waals surface area contributed by atoms with Crippen molar-refractivity contribution < 1.29 is 9.18 Å². The number of halogens is 3. The molecule has 28 heavy (non-hydrogen) atoms. The van der Waals surface area contributed by atoms with E-state index in [1.807, 2.05) is 6.92 Å². The number of nitrogen functional groups attached to an aromatic ring is 1. The number of hydrogen-bond donors (Lipinski definition) is 2. The molecule has 2 aromatic rings. The van der Waals surface area contributed by atoms with E-state index in [-0.39, 0.29) is 40.2 Å². The van der Waals surface area contributed by atoms with Gasteiger partial charge in [0.25, 0.3) is 11.5 Å². The van der Waals surface area contributed by atoms with Crippen LogP contribution < -0.4 is 21.9 Å². The summed E-state index contributed by atoms with van der Waals surface area (Å²) in [5.74, 6) is -1.67. The molecule has 10 heteroatoms. The summed E-state index contributed by atoms with van der Waals surface area (Å²) in [5, 5.41) is -0.291. The maximum absolute atomic E-state index is 13.9. The highest BCUT2D eigenvalue weighted by Crippen LogP contribution is 2.27. The van der Waals surface area contributed by atoms with Crippen LogP contribution in [0.1, 0.15) is 43.5 Å². The van der Waals surface area contributed by atoms with Crippen LogP contribution in [0.4, 0.5) is 15.9 Å². The summed E-state index contributed by atoms with van der Waals surface area (Å²) in [4.78, 5) is 40.9. The highest BCUT2D eigenvalue weighted by molar-refractivity contribution is 6.37. The van der Waals surface area contributed by atoms with Crippen LogP contribution >= 0.6 is 23.2 Å². The van der Waals surface area contributed by atoms with E-state index in [0.29, 0.717) is 12.8 Å². The second-order valence-electron chi connectivity index (χ2n) is 6.20. The van der Waals surface area contributed by atoms with E-state index in [1.54, 1.807) is 6.92 Å². The predicted molar refractivity (Wildman–Crippen MR) is 109 cm³/mol. The van der Waals surface area contributed by atoms with Gasteiger partial charge in [0, 0.05) is 13.1 Å². The summed E-state index contributed by atoms with van der Waals surface area (Å²) >= 11 is 11.7. The SMILES string of the molecule is CCCCn1c(N)c(N(CCC)C(=O)c2cc(F)c(Cl)cc2Cl)c(=O)[nH]c1=O. The Morgan fingerprint density at radius 3 is 2.50 bits per heavy atom. The van der Waals surface area contributed by atoms with Crippen LogP contribution in [0.2, 0.25) is 10.0 Å². The number of H-pyrrole nitrogens is 1. The minimum absolute atomic E-state index is 0.0631. The van der Waals surface area contributed by atoms with Gasteiger partial charge in [0.2, 0.25) is 0 Å². The third kappa shape index (κ3) is 4.39. The second kappa shape index (κ2) is 9.25. The number of aromatic nitrogens is 2. The molecular formula is C18H21Cl2FN4O3. The Balaban J connectivity index is 2.64. The first-order valence-corrected chi connectivity index (χ1v) is 9.57. The summed E-state index contributed by atoms with van der Waals surface area (Å²) in [6.45, 7) is 4.13. The number of nitrogens with one attached hydrogen (secondary N) is 1. The van der Waals surface area contributed by atoms with Crippen LogP contribution in [0, 0.1) is 5.82 Å². The summed E-state index contributed by atoms with van der Waals surface area (Å²) in [7, 11) is 0. The lowest BCUT2D eigenvalue weighted by atomic mass is 10.1. The van der Waals surface area contributed by atoms with Gasteiger partial charge in [-0.05, 0) is 25.0 Å². The summed E-state index contributed by atoms with van der Waals surface area (Å²) in [5.41, 5.74) is 4.29. The molecule has 0 atom stereocenters. The number of nitrogens with two attached hydrogens (primary N) is 1. The van der Waals surface area contributed by atoms with E-state index in [4.69, 9.17) is 28.9 Å². The third-order valence-corrected chi connectivity index (χ3v) is 4.75. The van der Waals surface area contributed by atoms with Crippen molar-refractivity contribution in [1.29, 1.82) is 0 Å². The Kier molecular flexibility index (Phi) is 7.26. The van der Waals surface area contributed by atoms with Crippen LogP contribution in [0.15, 0.2) is 21.7 Å².